The largest absolute Gasteiger partial charge is 0.378 e. The zero-order valence-electron chi connectivity index (χ0n) is 12.7. The zero-order valence-corrected chi connectivity index (χ0v) is 12.7. The second-order valence-corrected chi connectivity index (χ2v) is 5.30. The first-order chi connectivity index (χ1) is 8.78. The van der Waals surface area contributed by atoms with E-state index in [4.69, 9.17) is 4.74 Å². The smallest absolute Gasteiger partial charge is 0.0622 e. The molecule has 0 bridgehead atoms. The van der Waals surface area contributed by atoms with Gasteiger partial charge in [-0.2, -0.15) is 0 Å². The third-order valence-corrected chi connectivity index (χ3v) is 4.12. The molecule has 0 amide bonds. The van der Waals surface area contributed by atoms with Crippen LogP contribution < -0.4 is 5.32 Å². The number of rotatable bonds is 8. The number of ether oxygens (including phenoxy) is 1. The summed E-state index contributed by atoms with van der Waals surface area (Å²) in [6.45, 7) is 13.1. The number of nitrogens with one attached hydrogen (secondary N) is 1. The topological polar surface area (TPSA) is 24.5 Å². The van der Waals surface area contributed by atoms with Gasteiger partial charge in [0.2, 0.25) is 0 Å². The van der Waals surface area contributed by atoms with Crippen LogP contribution in [0.15, 0.2) is 0 Å². The van der Waals surface area contributed by atoms with E-state index in [-0.39, 0.29) is 0 Å². The third kappa shape index (κ3) is 4.22. The minimum atomic E-state index is 0.613. The van der Waals surface area contributed by atoms with E-state index in [0.717, 1.165) is 26.3 Å². The molecular formula is C15H32N2O. The van der Waals surface area contributed by atoms with E-state index in [1.165, 1.54) is 25.7 Å². The second-order valence-electron chi connectivity index (χ2n) is 5.30. The van der Waals surface area contributed by atoms with Gasteiger partial charge >= 0.3 is 0 Å². The summed E-state index contributed by atoms with van der Waals surface area (Å²) in [6.07, 6.45) is 4.96. The predicted octanol–water partition coefficient (Wildman–Crippen LogP) is 2.65. The van der Waals surface area contributed by atoms with Crippen molar-refractivity contribution in [2.75, 3.05) is 26.3 Å². The standard InChI is InChI=1S/C15H32N2O/c1-5-9-14(16-8-4)15(7-3)17-10-11-18-12-13(17)6-2/h13-16H,5-12H2,1-4H3. The summed E-state index contributed by atoms with van der Waals surface area (Å²) >= 11 is 0. The van der Waals surface area contributed by atoms with Crippen molar-refractivity contribution in [3.63, 3.8) is 0 Å². The van der Waals surface area contributed by atoms with Gasteiger partial charge < -0.3 is 10.1 Å². The Kier molecular flexibility index (Phi) is 7.87. The lowest BCUT2D eigenvalue weighted by Crippen LogP contribution is -2.57. The molecule has 0 saturated carbocycles. The lowest BCUT2D eigenvalue weighted by molar-refractivity contribution is -0.0389. The van der Waals surface area contributed by atoms with Gasteiger partial charge in [0.15, 0.2) is 0 Å². The maximum absolute atomic E-state index is 5.64. The molecule has 3 nitrogen and oxygen atoms in total. The van der Waals surface area contributed by atoms with E-state index in [2.05, 4.69) is 37.9 Å². The first-order valence-electron chi connectivity index (χ1n) is 7.85. The molecule has 0 aliphatic carbocycles. The van der Waals surface area contributed by atoms with Crippen LogP contribution in [-0.2, 0) is 4.74 Å². The summed E-state index contributed by atoms with van der Waals surface area (Å²) in [5, 5.41) is 3.69. The molecule has 1 heterocycles. The third-order valence-electron chi connectivity index (χ3n) is 4.12. The van der Waals surface area contributed by atoms with Gasteiger partial charge in [0.05, 0.1) is 13.2 Å². The highest BCUT2D eigenvalue weighted by molar-refractivity contribution is 4.88. The van der Waals surface area contributed by atoms with E-state index in [1.807, 2.05) is 0 Å². The van der Waals surface area contributed by atoms with Crippen LogP contribution in [0.2, 0.25) is 0 Å². The summed E-state index contributed by atoms with van der Waals surface area (Å²) in [4.78, 5) is 2.70. The maximum atomic E-state index is 5.64. The van der Waals surface area contributed by atoms with Gasteiger partial charge in [-0.25, -0.2) is 0 Å². The summed E-state index contributed by atoms with van der Waals surface area (Å²) < 4.78 is 5.64. The van der Waals surface area contributed by atoms with Gasteiger partial charge in [0.1, 0.15) is 0 Å². The predicted molar refractivity (Wildman–Crippen MR) is 78.1 cm³/mol. The monoisotopic (exact) mass is 256 g/mol. The first kappa shape index (κ1) is 15.9. The highest BCUT2D eigenvalue weighted by Gasteiger charge is 2.31. The molecule has 108 valence electrons. The highest BCUT2D eigenvalue weighted by atomic mass is 16.5. The van der Waals surface area contributed by atoms with Gasteiger partial charge in [-0.05, 0) is 25.8 Å². The molecule has 3 atom stereocenters. The van der Waals surface area contributed by atoms with E-state index in [0.29, 0.717) is 18.1 Å². The number of likely N-dealkylation sites (N-methyl/N-ethyl adjacent to an activating group) is 1. The van der Waals surface area contributed by atoms with Crippen molar-refractivity contribution in [1.29, 1.82) is 0 Å². The summed E-state index contributed by atoms with van der Waals surface area (Å²) in [7, 11) is 0. The van der Waals surface area contributed by atoms with Gasteiger partial charge in [0, 0.05) is 24.7 Å². The Bertz CT molecular complexity index is 205. The van der Waals surface area contributed by atoms with Crippen molar-refractivity contribution < 1.29 is 4.74 Å². The lowest BCUT2D eigenvalue weighted by Gasteiger charge is -2.44. The number of hydrogen-bond donors (Lipinski definition) is 1. The fraction of sp³-hybridized carbons (Fsp3) is 1.00. The number of nitrogens with zero attached hydrogens (tertiary/aromatic N) is 1. The van der Waals surface area contributed by atoms with Crippen LogP contribution in [0.1, 0.15) is 53.4 Å². The maximum Gasteiger partial charge on any atom is 0.0622 e. The van der Waals surface area contributed by atoms with Crippen molar-refractivity contribution in [3.05, 3.63) is 0 Å². The van der Waals surface area contributed by atoms with Crippen LogP contribution in [0.3, 0.4) is 0 Å². The van der Waals surface area contributed by atoms with Gasteiger partial charge in [-0.3, -0.25) is 4.90 Å². The number of hydrogen-bond acceptors (Lipinski definition) is 3. The zero-order chi connectivity index (χ0) is 13.4. The second kappa shape index (κ2) is 8.89. The van der Waals surface area contributed by atoms with E-state index in [1.54, 1.807) is 0 Å². The van der Waals surface area contributed by atoms with Crippen molar-refractivity contribution in [1.82, 2.24) is 10.2 Å². The molecule has 3 heteroatoms. The molecule has 1 rings (SSSR count). The Labute approximate surface area is 113 Å². The van der Waals surface area contributed by atoms with Crippen LogP contribution in [0.5, 0.6) is 0 Å². The summed E-state index contributed by atoms with van der Waals surface area (Å²) in [5.41, 5.74) is 0. The van der Waals surface area contributed by atoms with Gasteiger partial charge in [0.25, 0.3) is 0 Å². The van der Waals surface area contributed by atoms with Crippen LogP contribution in [0, 0.1) is 0 Å². The fourth-order valence-electron chi connectivity index (χ4n) is 3.21. The van der Waals surface area contributed by atoms with E-state index >= 15 is 0 Å². The molecule has 1 saturated heterocycles. The Balaban J connectivity index is 2.70. The molecule has 0 aromatic heterocycles. The van der Waals surface area contributed by atoms with E-state index in [9.17, 15) is 0 Å². The molecule has 0 aromatic rings. The Hall–Kier alpha value is -0.120. The molecule has 1 aliphatic heterocycles. The van der Waals surface area contributed by atoms with Gasteiger partial charge in [-0.1, -0.05) is 34.1 Å². The minimum Gasteiger partial charge on any atom is -0.378 e. The molecule has 3 unspecified atom stereocenters. The van der Waals surface area contributed by atoms with Crippen LogP contribution in [0.25, 0.3) is 0 Å². The van der Waals surface area contributed by atoms with Crippen molar-refractivity contribution >= 4 is 0 Å². The molecule has 1 aliphatic rings. The molecular weight excluding hydrogens is 224 g/mol. The summed E-state index contributed by atoms with van der Waals surface area (Å²) in [5.74, 6) is 0. The Morgan fingerprint density at radius 1 is 1.28 bits per heavy atom. The number of morpholine rings is 1. The van der Waals surface area contributed by atoms with Crippen molar-refractivity contribution in [2.24, 2.45) is 0 Å². The van der Waals surface area contributed by atoms with Gasteiger partial charge in [-0.15, -0.1) is 0 Å². The Morgan fingerprint density at radius 3 is 2.61 bits per heavy atom. The van der Waals surface area contributed by atoms with E-state index < -0.39 is 0 Å². The normalized spacial score (nSPS) is 25.0. The lowest BCUT2D eigenvalue weighted by atomic mass is 9.96. The molecule has 18 heavy (non-hydrogen) atoms. The first-order valence-corrected chi connectivity index (χ1v) is 7.85. The highest BCUT2D eigenvalue weighted by Crippen LogP contribution is 2.20. The molecule has 0 aromatic carbocycles. The molecule has 0 radical (unpaired) electrons. The SMILES string of the molecule is CCCC(NCC)C(CC)N1CCOCC1CC. The average Bonchev–Trinajstić information content (AvgIpc) is 2.40. The molecule has 1 fully saturated rings. The molecule has 0 spiro atoms. The fourth-order valence-corrected chi connectivity index (χ4v) is 3.21. The van der Waals surface area contributed by atoms with Crippen molar-refractivity contribution in [3.8, 4) is 0 Å². The average molecular weight is 256 g/mol. The molecule has 1 N–H and O–H groups in total. The van der Waals surface area contributed by atoms with Crippen LogP contribution in [-0.4, -0.2) is 49.3 Å². The van der Waals surface area contributed by atoms with Crippen LogP contribution in [0.4, 0.5) is 0 Å². The van der Waals surface area contributed by atoms with Crippen molar-refractivity contribution in [2.45, 2.75) is 71.5 Å². The Morgan fingerprint density at radius 2 is 2.06 bits per heavy atom. The minimum absolute atomic E-state index is 0.613. The summed E-state index contributed by atoms with van der Waals surface area (Å²) in [6, 6.07) is 1.91. The van der Waals surface area contributed by atoms with Crippen LogP contribution >= 0.6 is 0 Å². The quantitative estimate of drug-likeness (QED) is 0.722.